The molecule has 0 aliphatic rings. The number of nitrogen functional groups attached to an aromatic ring is 1. The molecule has 0 fully saturated rings. The number of hydrogen-bond donors (Lipinski definition) is 1. The lowest BCUT2D eigenvalue weighted by Gasteiger charge is -2.11. The quantitative estimate of drug-likeness (QED) is 0.516. The molecule has 20 heavy (non-hydrogen) atoms. The molecular formula is C12H15N5O2S. The summed E-state index contributed by atoms with van der Waals surface area (Å²) in [5.41, 5.74) is 6.71. The maximum atomic E-state index is 10.7. The van der Waals surface area contributed by atoms with E-state index in [1.165, 1.54) is 17.8 Å². The molecule has 7 nitrogen and oxygen atoms in total. The van der Waals surface area contributed by atoms with Gasteiger partial charge in [-0.25, -0.2) is 0 Å². The van der Waals surface area contributed by atoms with Crippen LogP contribution < -0.4 is 5.73 Å². The topological polar surface area (TPSA) is 99.9 Å². The van der Waals surface area contributed by atoms with Gasteiger partial charge in [0.2, 0.25) is 5.95 Å². The zero-order valence-corrected chi connectivity index (χ0v) is 12.0. The molecule has 0 bridgehead atoms. The third-order valence-electron chi connectivity index (χ3n) is 2.70. The van der Waals surface area contributed by atoms with Crippen molar-refractivity contribution in [3.8, 4) is 0 Å². The lowest BCUT2D eigenvalue weighted by atomic mass is 10.2. The molecule has 8 heteroatoms. The highest BCUT2D eigenvalue weighted by Gasteiger charge is 2.13. The molecule has 0 atom stereocenters. The van der Waals surface area contributed by atoms with Gasteiger partial charge in [-0.15, -0.1) is 10.2 Å². The van der Waals surface area contributed by atoms with Crippen molar-refractivity contribution >= 4 is 23.4 Å². The predicted molar refractivity (Wildman–Crippen MR) is 77.5 cm³/mol. The Morgan fingerprint density at radius 1 is 1.45 bits per heavy atom. The van der Waals surface area contributed by atoms with E-state index < -0.39 is 4.92 Å². The third kappa shape index (κ3) is 3.08. The molecule has 0 radical (unpaired) electrons. The van der Waals surface area contributed by atoms with E-state index in [-0.39, 0.29) is 11.7 Å². The highest BCUT2D eigenvalue weighted by atomic mass is 32.2. The molecule has 1 aromatic carbocycles. The fraction of sp³-hybridized carbons (Fsp3) is 0.333. The Hall–Kier alpha value is -2.09. The van der Waals surface area contributed by atoms with Gasteiger partial charge in [-0.2, -0.15) is 0 Å². The van der Waals surface area contributed by atoms with Crippen LogP contribution >= 0.6 is 11.8 Å². The maximum Gasteiger partial charge on any atom is 0.269 e. The number of nitro groups is 1. The lowest BCUT2D eigenvalue weighted by Crippen LogP contribution is -2.07. The van der Waals surface area contributed by atoms with E-state index in [4.69, 9.17) is 5.73 Å². The summed E-state index contributed by atoms with van der Waals surface area (Å²) in [4.78, 5) is 10.3. The van der Waals surface area contributed by atoms with Crippen LogP contribution in [-0.4, -0.2) is 19.7 Å². The molecule has 0 amide bonds. The van der Waals surface area contributed by atoms with E-state index in [0.717, 1.165) is 5.56 Å². The average Bonchev–Trinajstić information content (AvgIpc) is 2.78. The number of non-ortho nitro benzene ring substituents is 1. The Bertz CT molecular complexity index is 626. The fourth-order valence-corrected chi connectivity index (χ4v) is 2.80. The van der Waals surface area contributed by atoms with Crippen molar-refractivity contribution in [2.45, 2.75) is 30.8 Å². The Morgan fingerprint density at radius 3 is 2.85 bits per heavy atom. The van der Waals surface area contributed by atoms with E-state index in [1.54, 1.807) is 12.1 Å². The fourth-order valence-electron chi connectivity index (χ4n) is 1.78. The molecule has 0 aliphatic heterocycles. The van der Waals surface area contributed by atoms with Gasteiger partial charge >= 0.3 is 0 Å². The number of aromatic nitrogens is 3. The van der Waals surface area contributed by atoms with E-state index >= 15 is 0 Å². The highest BCUT2D eigenvalue weighted by Crippen LogP contribution is 2.26. The van der Waals surface area contributed by atoms with Gasteiger partial charge in [0.25, 0.3) is 5.69 Å². The molecule has 2 N–H and O–H groups in total. The van der Waals surface area contributed by atoms with Crippen LogP contribution in [0.2, 0.25) is 0 Å². The van der Waals surface area contributed by atoms with Gasteiger partial charge in [-0.05, 0) is 19.4 Å². The van der Waals surface area contributed by atoms with Gasteiger partial charge in [-0.1, -0.05) is 23.9 Å². The van der Waals surface area contributed by atoms with E-state index in [9.17, 15) is 10.1 Å². The highest BCUT2D eigenvalue weighted by molar-refractivity contribution is 7.98. The predicted octanol–water partition coefficient (Wildman–Crippen LogP) is 2.64. The molecule has 0 unspecified atom stereocenters. The van der Waals surface area contributed by atoms with E-state index in [0.29, 0.717) is 16.9 Å². The summed E-state index contributed by atoms with van der Waals surface area (Å²) in [5, 5.41) is 19.3. The first-order valence-electron chi connectivity index (χ1n) is 6.05. The lowest BCUT2D eigenvalue weighted by molar-refractivity contribution is -0.384. The maximum absolute atomic E-state index is 10.7. The van der Waals surface area contributed by atoms with Crippen molar-refractivity contribution in [1.82, 2.24) is 14.8 Å². The molecule has 106 valence electrons. The van der Waals surface area contributed by atoms with E-state index in [2.05, 4.69) is 10.2 Å². The minimum absolute atomic E-state index is 0.0907. The Kier molecular flexibility index (Phi) is 4.23. The number of anilines is 1. The van der Waals surface area contributed by atoms with Crippen LogP contribution in [-0.2, 0) is 5.75 Å². The summed E-state index contributed by atoms with van der Waals surface area (Å²) in [7, 11) is 0. The van der Waals surface area contributed by atoms with Crippen molar-refractivity contribution in [1.29, 1.82) is 0 Å². The van der Waals surface area contributed by atoms with E-state index in [1.807, 2.05) is 24.5 Å². The van der Waals surface area contributed by atoms with Crippen LogP contribution in [0.15, 0.2) is 29.4 Å². The number of benzene rings is 1. The second kappa shape index (κ2) is 5.91. The first kappa shape index (κ1) is 14.3. The molecule has 2 aromatic rings. The van der Waals surface area contributed by atoms with Crippen molar-refractivity contribution in [3.63, 3.8) is 0 Å². The molecule has 1 aromatic heterocycles. The van der Waals surface area contributed by atoms with Gasteiger partial charge in [0.15, 0.2) is 5.16 Å². The van der Waals surface area contributed by atoms with Gasteiger partial charge < -0.3 is 5.73 Å². The van der Waals surface area contributed by atoms with Crippen LogP contribution in [0.5, 0.6) is 0 Å². The summed E-state index contributed by atoms with van der Waals surface area (Å²) in [6.07, 6.45) is 0. The van der Waals surface area contributed by atoms with Gasteiger partial charge in [-0.3, -0.25) is 14.7 Å². The van der Waals surface area contributed by atoms with Crippen LogP contribution in [0.3, 0.4) is 0 Å². The second-order valence-corrected chi connectivity index (χ2v) is 5.46. The second-order valence-electron chi connectivity index (χ2n) is 4.52. The number of hydrogen-bond acceptors (Lipinski definition) is 6. The standard InChI is InChI=1S/C12H15N5O2S/c1-8(2)16-11(13)14-15-12(16)20-7-9-4-3-5-10(6-9)17(18)19/h3-6,8H,7H2,1-2H3,(H2,13,14). The summed E-state index contributed by atoms with van der Waals surface area (Å²) in [5.74, 6) is 0.952. The summed E-state index contributed by atoms with van der Waals surface area (Å²) < 4.78 is 1.84. The number of nitrogens with two attached hydrogens (primary N) is 1. The van der Waals surface area contributed by atoms with Crippen LogP contribution in [0.25, 0.3) is 0 Å². The minimum Gasteiger partial charge on any atom is -0.368 e. The molecule has 0 saturated carbocycles. The molecular weight excluding hydrogens is 278 g/mol. The zero-order chi connectivity index (χ0) is 14.7. The molecule has 0 spiro atoms. The zero-order valence-electron chi connectivity index (χ0n) is 11.2. The summed E-state index contributed by atoms with van der Waals surface area (Å²) in [6, 6.07) is 6.72. The Morgan fingerprint density at radius 2 is 2.20 bits per heavy atom. The molecule has 0 saturated heterocycles. The monoisotopic (exact) mass is 293 g/mol. The summed E-state index contributed by atoms with van der Waals surface area (Å²) in [6.45, 7) is 3.99. The van der Waals surface area contributed by atoms with Crippen LogP contribution in [0, 0.1) is 10.1 Å². The number of thioether (sulfide) groups is 1. The van der Waals surface area contributed by atoms with Crippen molar-refractivity contribution in [2.75, 3.05) is 5.73 Å². The van der Waals surface area contributed by atoms with Crippen molar-refractivity contribution < 1.29 is 4.92 Å². The Balaban J connectivity index is 2.13. The van der Waals surface area contributed by atoms with Crippen molar-refractivity contribution in [2.24, 2.45) is 0 Å². The first-order valence-corrected chi connectivity index (χ1v) is 7.04. The average molecular weight is 293 g/mol. The SMILES string of the molecule is CC(C)n1c(N)nnc1SCc1cccc([N+](=O)[O-])c1. The molecule has 0 aliphatic carbocycles. The number of nitrogens with zero attached hydrogens (tertiary/aromatic N) is 4. The Labute approximate surface area is 120 Å². The van der Waals surface area contributed by atoms with Crippen molar-refractivity contribution in [3.05, 3.63) is 39.9 Å². The number of nitro benzene ring substituents is 1. The van der Waals surface area contributed by atoms with Gasteiger partial charge in [0.1, 0.15) is 0 Å². The third-order valence-corrected chi connectivity index (χ3v) is 3.71. The smallest absolute Gasteiger partial charge is 0.269 e. The number of rotatable bonds is 5. The largest absolute Gasteiger partial charge is 0.368 e. The summed E-state index contributed by atoms with van der Waals surface area (Å²) >= 11 is 1.46. The first-order chi connectivity index (χ1) is 9.49. The van der Waals surface area contributed by atoms with Gasteiger partial charge in [0.05, 0.1) is 4.92 Å². The molecule has 2 rings (SSSR count). The minimum atomic E-state index is -0.400. The normalized spacial score (nSPS) is 10.9. The molecule has 1 heterocycles. The van der Waals surface area contributed by atoms with Crippen LogP contribution in [0.1, 0.15) is 25.5 Å². The van der Waals surface area contributed by atoms with Gasteiger partial charge in [0, 0.05) is 23.9 Å². The van der Waals surface area contributed by atoms with Crippen LogP contribution in [0.4, 0.5) is 11.6 Å².